The van der Waals surface area contributed by atoms with Gasteiger partial charge in [0.1, 0.15) is 61.5 Å². The normalized spacial score (nSPS) is 44.4. The minimum Gasteiger partial charge on any atom is -0.463 e. The predicted molar refractivity (Wildman–Crippen MR) is 89.0 cm³/mol. The Labute approximate surface area is 169 Å². The van der Waals surface area contributed by atoms with Crippen LogP contribution in [0.1, 0.15) is 12.8 Å². The lowest BCUT2D eigenvalue weighted by Crippen LogP contribution is -2.64. The first-order chi connectivity index (χ1) is 14.0. The van der Waals surface area contributed by atoms with Gasteiger partial charge in [-0.1, -0.05) is 0 Å². The van der Waals surface area contributed by atoms with E-state index in [1.54, 1.807) is 0 Å². The van der Waals surface area contributed by atoms with Crippen molar-refractivity contribution in [3.05, 3.63) is 0 Å². The smallest absolute Gasteiger partial charge is 0.306 e. The molecule has 0 aromatic carbocycles. The Hall–Kier alpha value is -1.46. The van der Waals surface area contributed by atoms with E-state index >= 15 is 0 Å². The number of aliphatic hydroxyl groups excluding tert-OH is 9. The van der Waals surface area contributed by atoms with Gasteiger partial charge in [-0.15, -0.1) is 0 Å². The zero-order valence-corrected chi connectivity index (χ0v) is 15.5. The van der Waals surface area contributed by atoms with Gasteiger partial charge in [-0.05, 0) is 0 Å². The summed E-state index contributed by atoms with van der Waals surface area (Å²) in [6, 6.07) is 0. The summed E-state index contributed by atoms with van der Waals surface area (Å²) in [6.07, 6.45) is -20.5. The Morgan fingerprint density at radius 1 is 0.633 bits per heavy atom. The molecule has 9 atom stereocenters. The largest absolute Gasteiger partial charge is 0.463 e. The molecule has 0 radical (unpaired) electrons. The molecule has 9 N–H and O–H groups in total. The summed E-state index contributed by atoms with van der Waals surface area (Å²) in [6.45, 7) is -0.605. The molecular weight excluding hydrogens is 416 g/mol. The van der Waals surface area contributed by atoms with E-state index in [0.29, 0.717) is 0 Å². The summed E-state index contributed by atoms with van der Waals surface area (Å²) in [5.41, 5.74) is 0. The summed E-state index contributed by atoms with van der Waals surface area (Å²) >= 11 is 0. The highest BCUT2D eigenvalue weighted by molar-refractivity contribution is 5.77. The van der Waals surface area contributed by atoms with Crippen molar-refractivity contribution in [2.75, 3.05) is 6.61 Å². The average molecular weight is 442 g/mol. The standard InChI is InChI=1S/C16H26O14/c17-5(28-3-4-7(19)8(20)14(26)16(27)29-4)1-2-6(18)30-15-12(24)10(22)9(21)11(23)13(15)25/h4,7-16,19-27H,1-3H2/t4?,7-,8?,9-,10?,11?,12?,13?,14?,15-,16-/m1/s1. The molecule has 1 saturated carbocycles. The van der Waals surface area contributed by atoms with E-state index in [1.165, 1.54) is 0 Å². The highest BCUT2D eigenvalue weighted by atomic mass is 16.7. The lowest BCUT2D eigenvalue weighted by Gasteiger charge is -2.41. The molecular formula is C16H26O14. The van der Waals surface area contributed by atoms with Crippen LogP contribution in [0.5, 0.6) is 0 Å². The van der Waals surface area contributed by atoms with Crippen LogP contribution >= 0.6 is 0 Å². The maximum Gasteiger partial charge on any atom is 0.306 e. The topological polar surface area (TPSA) is 244 Å². The molecule has 0 aromatic rings. The molecule has 0 spiro atoms. The van der Waals surface area contributed by atoms with E-state index < -0.39 is 98.7 Å². The molecule has 14 nitrogen and oxygen atoms in total. The second kappa shape index (κ2) is 10.2. The number of carbonyl (C=O) groups excluding carboxylic acids is 2. The van der Waals surface area contributed by atoms with Gasteiger partial charge in [0.05, 0.1) is 12.8 Å². The molecule has 0 amide bonds. The minimum absolute atomic E-state index is 0.540. The van der Waals surface area contributed by atoms with Gasteiger partial charge in [-0.25, -0.2) is 0 Å². The number of esters is 2. The fourth-order valence-electron chi connectivity index (χ4n) is 3.07. The van der Waals surface area contributed by atoms with Crippen molar-refractivity contribution in [1.82, 2.24) is 0 Å². The predicted octanol–water partition coefficient (Wildman–Crippen LogP) is -6.16. The number of rotatable bonds is 6. The minimum atomic E-state index is -1.88. The molecule has 14 heteroatoms. The van der Waals surface area contributed by atoms with Crippen LogP contribution in [0.25, 0.3) is 0 Å². The van der Waals surface area contributed by atoms with Gasteiger partial charge < -0.3 is 60.2 Å². The fraction of sp³-hybridized carbons (Fsp3) is 0.875. The Morgan fingerprint density at radius 3 is 1.67 bits per heavy atom. The summed E-state index contributed by atoms with van der Waals surface area (Å²) in [4.78, 5) is 23.6. The zero-order valence-electron chi connectivity index (χ0n) is 15.5. The molecule has 7 unspecified atom stereocenters. The molecule has 1 saturated heterocycles. The first-order valence-electron chi connectivity index (χ1n) is 9.08. The Bertz CT molecular complexity index is 584. The van der Waals surface area contributed by atoms with Crippen LogP contribution in [0.3, 0.4) is 0 Å². The zero-order chi connectivity index (χ0) is 22.7. The van der Waals surface area contributed by atoms with Gasteiger partial charge in [0.2, 0.25) is 0 Å². The van der Waals surface area contributed by atoms with Gasteiger partial charge >= 0.3 is 11.9 Å². The average Bonchev–Trinajstić information content (AvgIpc) is 2.72. The van der Waals surface area contributed by atoms with E-state index in [-0.39, 0.29) is 0 Å². The molecule has 2 aliphatic rings. The highest BCUT2D eigenvalue weighted by Crippen LogP contribution is 2.24. The molecule has 0 aromatic heterocycles. The molecule has 30 heavy (non-hydrogen) atoms. The van der Waals surface area contributed by atoms with Gasteiger partial charge in [0, 0.05) is 0 Å². The SMILES string of the molecule is O=C(CCC(=O)O[C@H]1C(O)C(O)[C@H](O)C(O)C1O)OCC1O[C@@H](O)C(O)C(O)[C@@H]1O. The number of hydrogen-bond acceptors (Lipinski definition) is 14. The number of carbonyl (C=O) groups is 2. The van der Waals surface area contributed by atoms with E-state index in [4.69, 9.17) is 14.2 Å². The van der Waals surface area contributed by atoms with Crippen LogP contribution in [-0.4, -0.2) is 132 Å². The molecule has 1 aliphatic carbocycles. The van der Waals surface area contributed by atoms with Crippen LogP contribution in [0, 0.1) is 0 Å². The van der Waals surface area contributed by atoms with E-state index in [1.807, 2.05) is 0 Å². The van der Waals surface area contributed by atoms with Crippen LogP contribution < -0.4 is 0 Å². The van der Waals surface area contributed by atoms with E-state index in [2.05, 4.69) is 0 Å². The Balaban J connectivity index is 1.77. The summed E-state index contributed by atoms with van der Waals surface area (Å²) in [5.74, 6) is -2.05. The molecule has 0 bridgehead atoms. The Morgan fingerprint density at radius 2 is 1.10 bits per heavy atom. The van der Waals surface area contributed by atoms with Crippen molar-refractivity contribution in [1.29, 1.82) is 0 Å². The highest BCUT2D eigenvalue weighted by Gasteiger charge is 2.50. The van der Waals surface area contributed by atoms with Gasteiger partial charge in [0.15, 0.2) is 12.4 Å². The molecule has 174 valence electrons. The van der Waals surface area contributed by atoms with Crippen molar-refractivity contribution in [2.45, 2.75) is 80.2 Å². The quantitative estimate of drug-likeness (QED) is 0.174. The van der Waals surface area contributed by atoms with Crippen molar-refractivity contribution < 1.29 is 69.8 Å². The lowest BCUT2D eigenvalue weighted by atomic mass is 9.85. The third-order valence-electron chi connectivity index (χ3n) is 4.97. The van der Waals surface area contributed by atoms with E-state index in [9.17, 15) is 55.5 Å². The van der Waals surface area contributed by atoms with E-state index in [0.717, 1.165) is 0 Å². The monoisotopic (exact) mass is 442 g/mol. The second-order valence-corrected chi connectivity index (χ2v) is 7.13. The third kappa shape index (κ3) is 5.42. The molecule has 2 fully saturated rings. The maximum atomic E-state index is 11.8. The summed E-state index contributed by atoms with van der Waals surface area (Å²) in [7, 11) is 0. The van der Waals surface area contributed by atoms with Crippen LogP contribution in [-0.2, 0) is 23.8 Å². The third-order valence-corrected chi connectivity index (χ3v) is 4.97. The van der Waals surface area contributed by atoms with Crippen molar-refractivity contribution in [2.24, 2.45) is 0 Å². The second-order valence-electron chi connectivity index (χ2n) is 7.13. The van der Waals surface area contributed by atoms with Crippen molar-refractivity contribution in [3.63, 3.8) is 0 Å². The fourth-order valence-corrected chi connectivity index (χ4v) is 3.07. The number of aliphatic hydroxyl groups is 9. The molecule has 1 aliphatic heterocycles. The molecule has 2 rings (SSSR count). The summed E-state index contributed by atoms with van der Waals surface area (Å²) < 4.78 is 14.4. The van der Waals surface area contributed by atoms with Gasteiger partial charge in [-0.2, -0.15) is 0 Å². The van der Waals surface area contributed by atoms with Crippen LogP contribution in [0.2, 0.25) is 0 Å². The maximum absolute atomic E-state index is 11.8. The first kappa shape index (κ1) is 24.8. The summed E-state index contributed by atoms with van der Waals surface area (Å²) in [5, 5.41) is 86.2. The van der Waals surface area contributed by atoms with Gasteiger partial charge in [0.25, 0.3) is 0 Å². The molecule has 1 heterocycles. The lowest BCUT2D eigenvalue weighted by molar-refractivity contribution is -0.287. The number of ether oxygens (including phenoxy) is 3. The van der Waals surface area contributed by atoms with Crippen molar-refractivity contribution >= 4 is 11.9 Å². The Kier molecular flexibility index (Phi) is 8.46. The van der Waals surface area contributed by atoms with Crippen LogP contribution in [0.15, 0.2) is 0 Å². The van der Waals surface area contributed by atoms with Gasteiger partial charge in [-0.3, -0.25) is 9.59 Å². The number of hydrogen-bond donors (Lipinski definition) is 9. The van der Waals surface area contributed by atoms with Crippen molar-refractivity contribution in [3.8, 4) is 0 Å². The first-order valence-corrected chi connectivity index (χ1v) is 9.08. The van der Waals surface area contributed by atoms with Crippen LogP contribution in [0.4, 0.5) is 0 Å².